The highest BCUT2D eigenvalue weighted by molar-refractivity contribution is 7.89. The summed E-state index contributed by atoms with van der Waals surface area (Å²) < 4.78 is 35.1. The van der Waals surface area contributed by atoms with Crippen LogP contribution in [-0.4, -0.2) is 57.8 Å². The molecule has 1 aliphatic rings. The summed E-state index contributed by atoms with van der Waals surface area (Å²) in [4.78, 5) is 16.3. The number of hydroxylamine groups is 1. The van der Waals surface area contributed by atoms with E-state index in [4.69, 9.17) is 4.74 Å². The SMILES string of the molecule is O=C(NO)c1c(S(=O)(=O)N2CCC(Oc3ccccc3)CC2)cnn1Cc1ccccn1. The van der Waals surface area contributed by atoms with Crippen molar-refractivity contribution in [2.45, 2.75) is 30.4 Å². The number of nitrogens with zero attached hydrogens (tertiary/aromatic N) is 4. The zero-order valence-corrected chi connectivity index (χ0v) is 18.0. The maximum Gasteiger partial charge on any atom is 0.294 e. The Morgan fingerprint density at radius 3 is 2.50 bits per heavy atom. The fourth-order valence-corrected chi connectivity index (χ4v) is 5.22. The molecular weight excluding hydrogens is 434 g/mol. The number of carbonyl (C=O) groups is 1. The van der Waals surface area contributed by atoms with Gasteiger partial charge in [-0.25, -0.2) is 13.9 Å². The number of sulfonamides is 1. The van der Waals surface area contributed by atoms with Gasteiger partial charge >= 0.3 is 0 Å². The van der Waals surface area contributed by atoms with Gasteiger partial charge in [0.25, 0.3) is 5.91 Å². The summed E-state index contributed by atoms with van der Waals surface area (Å²) in [6.07, 6.45) is 3.64. The van der Waals surface area contributed by atoms with E-state index in [1.165, 1.54) is 14.5 Å². The third-order valence-electron chi connectivity index (χ3n) is 5.23. The Morgan fingerprint density at radius 1 is 1.12 bits per heavy atom. The summed E-state index contributed by atoms with van der Waals surface area (Å²) in [5, 5.41) is 13.3. The highest BCUT2D eigenvalue weighted by Gasteiger charge is 2.35. The fourth-order valence-electron chi connectivity index (χ4n) is 3.62. The molecule has 4 rings (SSSR count). The van der Waals surface area contributed by atoms with Gasteiger partial charge in [0.15, 0.2) is 0 Å². The van der Waals surface area contributed by atoms with Gasteiger partial charge in [-0.1, -0.05) is 24.3 Å². The molecule has 11 heteroatoms. The lowest BCUT2D eigenvalue weighted by Gasteiger charge is -2.31. The largest absolute Gasteiger partial charge is 0.490 e. The number of carbonyl (C=O) groups excluding carboxylic acids is 1. The van der Waals surface area contributed by atoms with Gasteiger partial charge in [-0.2, -0.15) is 9.40 Å². The van der Waals surface area contributed by atoms with Gasteiger partial charge in [0.2, 0.25) is 10.0 Å². The fraction of sp³-hybridized carbons (Fsp3) is 0.286. The Bertz CT molecular complexity index is 1160. The minimum atomic E-state index is -4.01. The zero-order chi connectivity index (χ0) is 22.6. The number of ether oxygens (including phenoxy) is 1. The van der Waals surface area contributed by atoms with Gasteiger partial charge in [0.1, 0.15) is 22.4 Å². The molecule has 1 aromatic carbocycles. The number of amides is 1. The van der Waals surface area contributed by atoms with Crippen molar-refractivity contribution in [1.29, 1.82) is 0 Å². The lowest BCUT2D eigenvalue weighted by atomic mass is 10.1. The van der Waals surface area contributed by atoms with Crippen molar-refractivity contribution >= 4 is 15.9 Å². The van der Waals surface area contributed by atoms with Crippen molar-refractivity contribution in [3.63, 3.8) is 0 Å². The van der Waals surface area contributed by atoms with Crippen LogP contribution >= 0.6 is 0 Å². The molecule has 0 saturated carbocycles. The zero-order valence-electron chi connectivity index (χ0n) is 17.2. The summed E-state index contributed by atoms with van der Waals surface area (Å²) in [6, 6.07) is 14.6. The summed E-state index contributed by atoms with van der Waals surface area (Å²) in [7, 11) is -4.01. The first kappa shape index (κ1) is 21.9. The van der Waals surface area contributed by atoms with Crippen LogP contribution < -0.4 is 10.2 Å². The van der Waals surface area contributed by atoms with Gasteiger partial charge in [-0.15, -0.1) is 0 Å². The first-order valence-electron chi connectivity index (χ1n) is 10.1. The summed E-state index contributed by atoms with van der Waals surface area (Å²) in [5.41, 5.74) is 1.86. The van der Waals surface area contributed by atoms with Crippen LogP contribution in [-0.2, 0) is 16.6 Å². The number of pyridine rings is 1. The van der Waals surface area contributed by atoms with Crippen molar-refractivity contribution < 1.29 is 23.2 Å². The second-order valence-electron chi connectivity index (χ2n) is 7.31. The number of piperidine rings is 1. The molecule has 1 amide bonds. The number of rotatable bonds is 7. The van der Waals surface area contributed by atoms with E-state index < -0.39 is 15.9 Å². The monoisotopic (exact) mass is 457 g/mol. The van der Waals surface area contributed by atoms with Crippen molar-refractivity contribution in [1.82, 2.24) is 24.5 Å². The molecule has 3 heterocycles. The van der Waals surface area contributed by atoms with E-state index >= 15 is 0 Å². The molecule has 2 aromatic heterocycles. The van der Waals surface area contributed by atoms with E-state index in [2.05, 4.69) is 10.1 Å². The number of benzene rings is 1. The van der Waals surface area contributed by atoms with Gasteiger partial charge in [0, 0.05) is 19.3 Å². The predicted molar refractivity (Wildman–Crippen MR) is 114 cm³/mol. The molecule has 0 unspecified atom stereocenters. The summed E-state index contributed by atoms with van der Waals surface area (Å²) >= 11 is 0. The molecule has 0 radical (unpaired) electrons. The maximum atomic E-state index is 13.3. The number of hydrogen-bond acceptors (Lipinski definition) is 7. The normalized spacial score (nSPS) is 15.4. The molecule has 2 N–H and O–H groups in total. The predicted octanol–water partition coefficient (Wildman–Crippen LogP) is 1.68. The number of para-hydroxylation sites is 1. The third-order valence-corrected chi connectivity index (χ3v) is 7.12. The van der Waals surface area contributed by atoms with Crippen LogP contribution in [0.1, 0.15) is 29.0 Å². The molecule has 168 valence electrons. The molecule has 10 nitrogen and oxygen atoms in total. The molecule has 0 atom stereocenters. The summed E-state index contributed by atoms with van der Waals surface area (Å²) in [6.45, 7) is 0.559. The number of nitrogens with one attached hydrogen (secondary N) is 1. The van der Waals surface area contributed by atoms with Crippen molar-refractivity contribution in [3.8, 4) is 5.75 Å². The Kier molecular flexibility index (Phi) is 6.49. The molecule has 1 aliphatic heterocycles. The molecule has 1 saturated heterocycles. The Balaban J connectivity index is 1.53. The van der Waals surface area contributed by atoms with E-state index in [1.807, 2.05) is 30.3 Å². The van der Waals surface area contributed by atoms with E-state index in [-0.39, 0.29) is 36.3 Å². The second-order valence-corrected chi connectivity index (χ2v) is 9.22. The number of hydrogen-bond donors (Lipinski definition) is 2. The van der Waals surface area contributed by atoms with E-state index in [1.54, 1.807) is 24.4 Å². The van der Waals surface area contributed by atoms with E-state index in [0.29, 0.717) is 18.5 Å². The minimum absolute atomic E-state index is 0.0755. The van der Waals surface area contributed by atoms with Crippen molar-refractivity contribution in [3.05, 3.63) is 72.3 Å². The average Bonchev–Trinajstić information content (AvgIpc) is 3.24. The molecular formula is C21H23N5O5S. The molecule has 1 fully saturated rings. The van der Waals surface area contributed by atoms with Crippen LogP contribution in [0.3, 0.4) is 0 Å². The first-order valence-corrected chi connectivity index (χ1v) is 11.5. The molecule has 3 aromatic rings. The second kappa shape index (κ2) is 9.47. The average molecular weight is 458 g/mol. The Morgan fingerprint density at radius 2 is 1.84 bits per heavy atom. The molecule has 0 spiro atoms. The van der Waals surface area contributed by atoms with Crippen LogP contribution in [0.5, 0.6) is 5.75 Å². The number of aromatic nitrogens is 3. The van der Waals surface area contributed by atoms with Gasteiger partial charge in [-0.3, -0.25) is 19.7 Å². The van der Waals surface area contributed by atoms with Crippen molar-refractivity contribution in [2.24, 2.45) is 0 Å². The maximum absolute atomic E-state index is 13.3. The quantitative estimate of drug-likeness (QED) is 0.408. The smallest absolute Gasteiger partial charge is 0.294 e. The molecule has 32 heavy (non-hydrogen) atoms. The molecule has 0 bridgehead atoms. The van der Waals surface area contributed by atoms with Crippen LogP contribution in [0, 0.1) is 0 Å². The standard InChI is InChI=1S/C21H23N5O5S/c27-21(24-28)20-19(14-23-26(20)15-16-6-4-5-11-22-16)32(29,30)25-12-9-18(10-13-25)31-17-7-2-1-3-8-17/h1-8,11,14,18,28H,9-10,12-13,15H2,(H,24,27). The Labute approximate surface area is 185 Å². The third kappa shape index (κ3) is 4.64. The minimum Gasteiger partial charge on any atom is -0.490 e. The van der Waals surface area contributed by atoms with E-state index in [0.717, 1.165) is 11.9 Å². The Hall–Kier alpha value is -3.28. The van der Waals surface area contributed by atoms with Crippen LogP contribution in [0.25, 0.3) is 0 Å². The van der Waals surface area contributed by atoms with Crippen molar-refractivity contribution in [2.75, 3.05) is 13.1 Å². The molecule has 0 aliphatic carbocycles. The summed E-state index contributed by atoms with van der Waals surface area (Å²) in [5.74, 6) is -0.217. The topological polar surface area (TPSA) is 127 Å². The van der Waals surface area contributed by atoms with Gasteiger partial charge in [-0.05, 0) is 37.1 Å². The van der Waals surface area contributed by atoms with Gasteiger partial charge < -0.3 is 4.74 Å². The van der Waals surface area contributed by atoms with E-state index in [9.17, 15) is 18.4 Å². The van der Waals surface area contributed by atoms with Crippen LogP contribution in [0.2, 0.25) is 0 Å². The first-order chi connectivity index (χ1) is 15.5. The lowest BCUT2D eigenvalue weighted by Crippen LogP contribution is -2.42. The highest BCUT2D eigenvalue weighted by atomic mass is 32.2. The lowest BCUT2D eigenvalue weighted by molar-refractivity contribution is 0.0690. The van der Waals surface area contributed by atoms with Crippen LogP contribution in [0.15, 0.2) is 65.8 Å². The van der Waals surface area contributed by atoms with Gasteiger partial charge in [0.05, 0.1) is 18.4 Å². The highest BCUT2D eigenvalue weighted by Crippen LogP contribution is 2.26. The van der Waals surface area contributed by atoms with Crippen LogP contribution in [0.4, 0.5) is 0 Å².